The van der Waals surface area contributed by atoms with Crippen molar-refractivity contribution in [1.29, 1.82) is 0 Å². The van der Waals surface area contributed by atoms with Crippen molar-refractivity contribution < 1.29 is 14.9 Å². The van der Waals surface area contributed by atoms with Gasteiger partial charge in [0.05, 0.1) is 0 Å². The maximum atomic E-state index is 9.72. The van der Waals surface area contributed by atoms with Crippen LogP contribution in [0.15, 0.2) is 24.3 Å². The van der Waals surface area contributed by atoms with E-state index in [4.69, 9.17) is 21.4 Å². The van der Waals surface area contributed by atoms with Crippen LogP contribution in [-0.4, -0.2) is 42.6 Å². The summed E-state index contributed by atoms with van der Waals surface area (Å²) in [5, 5.41) is 22.1. The smallest absolute Gasteiger partial charge is 0.120 e. The van der Waals surface area contributed by atoms with Crippen molar-refractivity contribution in [1.82, 2.24) is 5.32 Å². The Hall–Kier alpha value is -0.810. The first-order chi connectivity index (χ1) is 9.22. The Morgan fingerprint density at radius 3 is 2.84 bits per heavy atom. The zero-order valence-corrected chi connectivity index (χ0v) is 11.8. The van der Waals surface area contributed by atoms with E-state index in [1.54, 1.807) is 18.2 Å². The zero-order valence-electron chi connectivity index (χ0n) is 11.0. The lowest BCUT2D eigenvalue weighted by Crippen LogP contribution is -2.32. The second kappa shape index (κ2) is 10.0. The first-order valence-electron chi connectivity index (χ1n) is 6.60. The van der Waals surface area contributed by atoms with Gasteiger partial charge in [-0.1, -0.05) is 17.7 Å². The van der Waals surface area contributed by atoms with Gasteiger partial charge < -0.3 is 20.3 Å². The van der Waals surface area contributed by atoms with Crippen LogP contribution in [0.4, 0.5) is 0 Å². The number of ether oxygens (including phenoxy) is 1. The van der Waals surface area contributed by atoms with E-state index in [1.807, 2.05) is 6.07 Å². The molecular formula is C14H22ClNO3. The van der Waals surface area contributed by atoms with Crippen LogP contribution >= 0.6 is 11.6 Å². The first kappa shape index (κ1) is 16.2. The lowest BCUT2D eigenvalue weighted by atomic mass is 10.2. The molecule has 0 bridgehead atoms. The molecule has 0 aliphatic rings. The Kier molecular flexibility index (Phi) is 8.58. The van der Waals surface area contributed by atoms with Crippen LogP contribution in [0.3, 0.4) is 0 Å². The van der Waals surface area contributed by atoms with Crippen LogP contribution in [0.2, 0.25) is 5.02 Å². The molecule has 0 amide bonds. The van der Waals surface area contributed by atoms with Crippen LogP contribution in [0.5, 0.6) is 5.75 Å². The van der Waals surface area contributed by atoms with Crippen molar-refractivity contribution >= 4 is 11.6 Å². The summed E-state index contributed by atoms with van der Waals surface area (Å²) in [7, 11) is 0. The SMILES string of the molecule is OCCCCCNCC(O)COc1cccc(Cl)c1. The highest BCUT2D eigenvalue weighted by Crippen LogP contribution is 2.17. The molecular weight excluding hydrogens is 266 g/mol. The summed E-state index contributed by atoms with van der Waals surface area (Å²) in [4.78, 5) is 0. The van der Waals surface area contributed by atoms with Crippen LogP contribution < -0.4 is 10.1 Å². The van der Waals surface area contributed by atoms with E-state index in [9.17, 15) is 5.11 Å². The normalized spacial score (nSPS) is 12.4. The Bertz CT molecular complexity index is 349. The monoisotopic (exact) mass is 287 g/mol. The molecule has 1 aromatic rings. The molecule has 0 radical (unpaired) electrons. The number of rotatable bonds is 10. The van der Waals surface area contributed by atoms with Gasteiger partial charge in [0, 0.05) is 18.2 Å². The van der Waals surface area contributed by atoms with E-state index in [0.717, 1.165) is 25.8 Å². The maximum Gasteiger partial charge on any atom is 0.120 e. The summed E-state index contributed by atoms with van der Waals surface area (Å²) in [6.07, 6.45) is 2.29. The van der Waals surface area contributed by atoms with E-state index in [1.165, 1.54) is 0 Å². The molecule has 1 unspecified atom stereocenters. The quantitative estimate of drug-likeness (QED) is 0.575. The van der Waals surface area contributed by atoms with E-state index in [2.05, 4.69) is 5.32 Å². The summed E-state index contributed by atoms with van der Waals surface area (Å²) in [5.41, 5.74) is 0. The molecule has 19 heavy (non-hydrogen) atoms. The molecule has 108 valence electrons. The molecule has 0 heterocycles. The summed E-state index contributed by atoms with van der Waals surface area (Å²) >= 11 is 5.83. The number of aliphatic hydroxyl groups is 2. The molecule has 3 N–H and O–H groups in total. The molecule has 0 aliphatic carbocycles. The minimum atomic E-state index is -0.545. The average molecular weight is 288 g/mol. The second-order valence-electron chi connectivity index (χ2n) is 4.41. The van der Waals surface area contributed by atoms with E-state index < -0.39 is 6.10 Å². The predicted octanol–water partition coefficient (Wildman–Crippen LogP) is 1.83. The van der Waals surface area contributed by atoms with Crippen LogP contribution in [-0.2, 0) is 0 Å². The standard InChI is InChI=1S/C14H22ClNO3/c15-12-5-4-6-14(9-12)19-11-13(18)10-16-7-2-1-3-8-17/h4-6,9,13,16-18H,1-3,7-8,10-11H2. The predicted molar refractivity (Wildman–Crippen MR) is 76.8 cm³/mol. The molecule has 1 atom stereocenters. The number of hydrogen-bond donors (Lipinski definition) is 3. The van der Waals surface area contributed by atoms with Gasteiger partial charge in [-0.2, -0.15) is 0 Å². The number of hydrogen-bond acceptors (Lipinski definition) is 4. The van der Waals surface area contributed by atoms with Gasteiger partial charge in [0.1, 0.15) is 18.5 Å². The lowest BCUT2D eigenvalue weighted by Gasteiger charge is -2.13. The Balaban J connectivity index is 2.06. The molecule has 0 saturated carbocycles. The highest BCUT2D eigenvalue weighted by atomic mass is 35.5. The Morgan fingerprint density at radius 2 is 2.11 bits per heavy atom. The van der Waals surface area contributed by atoms with Crippen molar-refractivity contribution in [3.8, 4) is 5.75 Å². The van der Waals surface area contributed by atoms with Gasteiger partial charge in [0.2, 0.25) is 0 Å². The number of aliphatic hydroxyl groups excluding tert-OH is 2. The summed E-state index contributed by atoms with van der Waals surface area (Å²) in [6, 6.07) is 7.11. The highest BCUT2D eigenvalue weighted by Gasteiger charge is 2.04. The van der Waals surface area contributed by atoms with Crippen molar-refractivity contribution in [3.05, 3.63) is 29.3 Å². The molecule has 0 aliphatic heterocycles. The Labute approximate surface area is 119 Å². The fourth-order valence-electron chi connectivity index (χ4n) is 1.62. The molecule has 0 fully saturated rings. The van der Waals surface area contributed by atoms with E-state index in [-0.39, 0.29) is 13.2 Å². The molecule has 1 rings (SSSR count). The minimum absolute atomic E-state index is 0.240. The zero-order chi connectivity index (χ0) is 13.9. The van der Waals surface area contributed by atoms with Gasteiger partial charge in [0.25, 0.3) is 0 Å². The number of unbranched alkanes of at least 4 members (excludes halogenated alkanes) is 2. The van der Waals surface area contributed by atoms with Gasteiger partial charge >= 0.3 is 0 Å². The largest absolute Gasteiger partial charge is 0.491 e. The molecule has 0 aromatic heterocycles. The minimum Gasteiger partial charge on any atom is -0.491 e. The van der Waals surface area contributed by atoms with Gasteiger partial charge in [-0.05, 0) is 44.0 Å². The molecule has 1 aromatic carbocycles. The van der Waals surface area contributed by atoms with E-state index >= 15 is 0 Å². The van der Waals surface area contributed by atoms with E-state index in [0.29, 0.717) is 17.3 Å². The fourth-order valence-corrected chi connectivity index (χ4v) is 1.80. The van der Waals surface area contributed by atoms with Crippen LogP contribution in [0.1, 0.15) is 19.3 Å². The van der Waals surface area contributed by atoms with Gasteiger partial charge in [-0.3, -0.25) is 0 Å². The van der Waals surface area contributed by atoms with Gasteiger partial charge in [-0.25, -0.2) is 0 Å². The summed E-state index contributed by atoms with van der Waals surface area (Å²) < 4.78 is 5.44. The number of halogens is 1. The van der Waals surface area contributed by atoms with Crippen LogP contribution in [0, 0.1) is 0 Å². The average Bonchev–Trinajstić information content (AvgIpc) is 2.40. The third-order valence-electron chi connectivity index (χ3n) is 2.63. The molecule has 4 nitrogen and oxygen atoms in total. The second-order valence-corrected chi connectivity index (χ2v) is 4.85. The molecule has 5 heteroatoms. The van der Waals surface area contributed by atoms with Gasteiger partial charge in [-0.15, -0.1) is 0 Å². The van der Waals surface area contributed by atoms with Crippen LogP contribution in [0.25, 0.3) is 0 Å². The Morgan fingerprint density at radius 1 is 1.26 bits per heavy atom. The topological polar surface area (TPSA) is 61.7 Å². The summed E-state index contributed by atoms with van der Waals surface area (Å²) in [5.74, 6) is 0.662. The molecule has 0 saturated heterocycles. The van der Waals surface area contributed by atoms with Crippen molar-refractivity contribution in [3.63, 3.8) is 0 Å². The van der Waals surface area contributed by atoms with Gasteiger partial charge in [0.15, 0.2) is 0 Å². The summed E-state index contributed by atoms with van der Waals surface area (Å²) in [6.45, 7) is 1.83. The highest BCUT2D eigenvalue weighted by molar-refractivity contribution is 6.30. The lowest BCUT2D eigenvalue weighted by molar-refractivity contribution is 0.106. The van der Waals surface area contributed by atoms with Crippen molar-refractivity contribution in [2.75, 3.05) is 26.3 Å². The third-order valence-corrected chi connectivity index (χ3v) is 2.87. The molecule has 0 spiro atoms. The maximum absolute atomic E-state index is 9.72. The fraction of sp³-hybridized carbons (Fsp3) is 0.571. The van der Waals surface area contributed by atoms with Crippen molar-refractivity contribution in [2.24, 2.45) is 0 Å². The third kappa shape index (κ3) is 8.06. The van der Waals surface area contributed by atoms with Crippen molar-refractivity contribution in [2.45, 2.75) is 25.4 Å². The first-order valence-corrected chi connectivity index (χ1v) is 6.98. The number of nitrogens with one attached hydrogen (secondary N) is 1. The number of benzene rings is 1.